The van der Waals surface area contributed by atoms with Gasteiger partial charge < -0.3 is 14.9 Å². The number of benzene rings is 1. The van der Waals surface area contributed by atoms with Gasteiger partial charge in [-0.05, 0) is 6.07 Å². The fourth-order valence-corrected chi connectivity index (χ4v) is 1.32. The summed E-state index contributed by atoms with van der Waals surface area (Å²) in [6, 6.07) is 6.67. The molecule has 72 valence electrons. The molecule has 0 aromatic heterocycles. The van der Waals surface area contributed by atoms with Gasteiger partial charge in [0.1, 0.15) is 5.75 Å². The van der Waals surface area contributed by atoms with Crippen molar-refractivity contribution in [2.75, 3.05) is 0 Å². The van der Waals surface area contributed by atoms with Gasteiger partial charge in [-0.15, -0.1) is 0 Å². The number of hydrogen-bond donors (Lipinski definition) is 3. The van der Waals surface area contributed by atoms with Crippen molar-refractivity contribution in [2.24, 2.45) is 0 Å². The fourth-order valence-electron chi connectivity index (χ4n) is 1.32. The van der Waals surface area contributed by atoms with E-state index in [4.69, 9.17) is 15.3 Å². The zero-order valence-electron chi connectivity index (χ0n) is 7.27. The Bertz CT molecular complexity index is 412. The Morgan fingerprint density at radius 1 is 1.21 bits per heavy atom. The second-order valence-electron chi connectivity index (χ2n) is 2.98. The first-order valence-corrected chi connectivity index (χ1v) is 4.13. The molecule has 4 heteroatoms. The van der Waals surface area contributed by atoms with E-state index in [1.54, 1.807) is 18.2 Å². The molecule has 1 unspecified atom stereocenters. The van der Waals surface area contributed by atoms with E-state index in [0.717, 1.165) is 0 Å². The molecular formula is C10H9NO3. The van der Waals surface area contributed by atoms with Crippen LogP contribution in [0.2, 0.25) is 0 Å². The summed E-state index contributed by atoms with van der Waals surface area (Å²) >= 11 is 0. The smallest absolute Gasteiger partial charge is 0.250 e. The summed E-state index contributed by atoms with van der Waals surface area (Å²) in [6.45, 7) is 0. The molecule has 4 nitrogen and oxygen atoms in total. The average Bonchev–Trinajstić information content (AvgIpc) is 2.48. The molecule has 1 atom stereocenters. The third kappa shape index (κ3) is 1.31. The fraction of sp³-hybridized carbons (Fsp3) is 0.100. The van der Waals surface area contributed by atoms with E-state index in [9.17, 15) is 5.11 Å². The predicted octanol–water partition coefficient (Wildman–Crippen LogP) is 1.88. The van der Waals surface area contributed by atoms with Gasteiger partial charge in [0.25, 0.3) is 0 Å². The van der Waals surface area contributed by atoms with Crippen LogP contribution < -0.4 is 0 Å². The van der Waals surface area contributed by atoms with E-state index in [1.165, 1.54) is 12.1 Å². The number of rotatable bonds is 1. The highest BCUT2D eigenvalue weighted by Crippen LogP contribution is 2.32. The lowest BCUT2D eigenvalue weighted by atomic mass is 10.1. The lowest BCUT2D eigenvalue weighted by Crippen LogP contribution is -2.01. The van der Waals surface area contributed by atoms with Crippen LogP contribution in [0.4, 0.5) is 0 Å². The van der Waals surface area contributed by atoms with Gasteiger partial charge in [0, 0.05) is 11.6 Å². The van der Waals surface area contributed by atoms with Crippen LogP contribution in [0.1, 0.15) is 11.7 Å². The third-order valence-corrected chi connectivity index (χ3v) is 2.03. The van der Waals surface area contributed by atoms with Crippen LogP contribution in [0.15, 0.2) is 36.1 Å². The van der Waals surface area contributed by atoms with Gasteiger partial charge in [-0.3, -0.25) is 5.41 Å². The van der Waals surface area contributed by atoms with Crippen LogP contribution in [0, 0.1) is 5.41 Å². The Labute approximate surface area is 80.6 Å². The number of aromatic hydroxyl groups is 1. The van der Waals surface area contributed by atoms with Crippen LogP contribution >= 0.6 is 0 Å². The molecule has 0 amide bonds. The highest BCUT2D eigenvalue weighted by Gasteiger charge is 2.25. The molecule has 0 aliphatic carbocycles. The Hall–Kier alpha value is -1.97. The van der Waals surface area contributed by atoms with E-state index in [-0.39, 0.29) is 17.4 Å². The number of para-hydroxylation sites is 1. The summed E-state index contributed by atoms with van der Waals surface area (Å²) < 4.78 is 5.02. The van der Waals surface area contributed by atoms with Gasteiger partial charge in [-0.1, -0.05) is 18.2 Å². The van der Waals surface area contributed by atoms with Crippen molar-refractivity contribution in [1.82, 2.24) is 0 Å². The first-order chi connectivity index (χ1) is 6.68. The number of aliphatic hydroxyl groups excluding tert-OH is 1. The largest absolute Gasteiger partial charge is 0.508 e. The number of phenolic OH excluding ortho intramolecular Hbond substituents is 1. The monoisotopic (exact) mass is 191 g/mol. The number of aliphatic hydroxyl groups is 1. The first-order valence-electron chi connectivity index (χ1n) is 4.13. The van der Waals surface area contributed by atoms with E-state index in [1.807, 2.05) is 0 Å². The van der Waals surface area contributed by atoms with E-state index in [2.05, 4.69) is 0 Å². The molecule has 0 saturated carbocycles. The lowest BCUT2D eigenvalue weighted by molar-refractivity contribution is 0.246. The van der Waals surface area contributed by atoms with Crippen molar-refractivity contribution < 1.29 is 14.9 Å². The van der Waals surface area contributed by atoms with E-state index >= 15 is 0 Å². The van der Waals surface area contributed by atoms with Gasteiger partial charge >= 0.3 is 0 Å². The average molecular weight is 191 g/mol. The van der Waals surface area contributed by atoms with Crippen molar-refractivity contribution in [3.63, 3.8) is 0 Å². The third-order valence-electron chi connectivity index (χ3n) is 2.03. The van der Waals surface area contributed by atoms with Crippen LogP contribution in [0.5, 0.6) is 5.75 Å². The van der Waals surface area contributed by atoms with Crippen LogP contribution in [-0.2, 0) is 4.74 Å². The molecule has 1 heterocycles. The zero-order chi connectivity index (χ0) is 10.1. The lowest BCUT2D eigenvalue weighted by Gasteiger charge is -2.10. The van der Waals surface area contributed by atoms with Crippen molar-refractivity contribution in [3.05, 3.63) is 41.7 Å². The van der Waals surface area contributed by atoms with Crippen molar-refractivity contribution in [1.29, 1.82) is 5.41 Å². The van der Waals surface area contributed by atoms with Gasteiger partial charge in [-0.2, -0.15) is 0 Å². The quantitative estimate of drug-likeness (QED) is 0.634. The minimum atomic E-state index is -0.566. The number of ether oxygens (including phenoxy) is 1. The Morgan fingerprint density at radius 2 is 1.93 bits per heavy atom. The second kappa shape index (κ2) is 3.06. The van der Waals surface area contributed by atoms with E-state index < -0.39 is 6.10 Å². The maximum absolute atomic E-state index is 9.48. The molecule has 1 aromatic carbocycles. The van der Waals surface area contributed by atoms with E-state index in [0.29, 0.717) is 5.56 Å². The number of nitrogens with one attached hydrogen (secondary N) is 1. The Kier molecular flexibility index (Phi) is 1.89. The summed E-state index contributed by atoms with van der Waals surface area (Å²) in [5.74, 6) is -0.368. The highest BCUT2D eigenvalue weighted by atomic mass is 16.5. The summed E-state index contributed by atoms with van der Waals surface area (Å²) in [6.07, 6.45) is 0.820. The van der Waals surface area contributed by atoms with Crippen molar-refractivity contribution in [2.45, 2.75) is 6.10 Å². The maximum Gasteiger partial charge on any atom is 0.250 e. The van der Waals surface area contributed by atoms with Gasteiger partial charge in [0.2, 0.25) is 5.90 Å². The van der Waals surface area contributed by atoms with Crippen LogP contribution in [0.3, 0.4) is 0 Å². The minimum absolute atomic E-state index is 0.0938. The summed E-state index contributed by atoms with van der Waals surface area (Å²) in [5, 5.41) is 25.8. The molecule has 0 bridgehead atoms. The molecule has 0 spiro atoms. The summed E-state index contributed by atoms with van der Waals surface area (Å²) in [4.78, 5) is 0. The standard InChI is InChI=1S/C10H9NO3/c11-10-8(13)5-9(14-10)6-3-1-2-4-7(6)12/h1-5,9,11-13H. The first kappa shape index (κ1) is 8.62. The van der Waals surface area contributed by atoms with Gasteiger partial charge in [0.05, 0.1) is 0 Å². The SMILES string of the molecule is N=C1OC(c2ccccc2O)C=C1O. The number of phenols is 1. The predicted molar refractivity (Wildman–Crippen MR) is 50.4 cm³/mol. The van der Waals surface area contributed by atoms with Crippen LogP contribution in [-0.4, -0.2) is 16.1 Å². The normalized spacial score (nSPS) is 20.4. The molecule has 1 aliphatic heterocycles. The Morgan fingerprint density at radius 3 is 2.50 bits per heavy atom. The minimum Gasteiger partial charge on any atom is -0.508 e. The molecule has 1 aliphatic rings. The molecule has 0 saturated heterocycles. The second-order valence-corrected chi connectivity index (χ2v) is 2.98. The van der Waals surface area contributed by atoms with Crippen molar-refractivity contribution in [3.8, 4) is 5.75 Å². The van der Waals surface area contributed by atoms with Crippen LogP contribution in [0.25, 0.3) is 0 Å². The zero-order valence-corrected chi connectivity index (χ0v) is 7.27. The number of hydrogen-bond acceptors (Lipinski definition) is 4. The topological polar surface area (TPSA) is 73.5 Å². The molecule has 2 rings (SSSR count). The van der Waals surface area contributed by atoms with Crippen molar-refractivity contribution >= 4 is 5.90 Å². The van der Waals surface area contributed by atoms with Gasteiger partial charge in [0.15, 0.2) is 11.9 Å². The maximum atomic E-state index is 9.48. The van der Waals surface area contributed by atoms with Gasteiger partial charge in [-0.25, -0.2) is 0 Å². The molecule has 14 heavy (non-hydrogen) atoms. The molecule has 0 radical (unpaired) electrons. The highest BCUT2D eigenvalue weighted by molar-refractivity contribution is 5.90. The molecule has 3 N–H and O–H groups in total. The summed E-state index contributed by atoms with van der Waals surface area (Å²) in [5.41, 5.74) is 0.543. The molecular weight excluding hydrogens is 182 g/mol. The molecule has 1 aromatic rings. The Balaban J connectivity index is 2.35. The summed E-state index contributed by atoms with van der Waals surface area (Å²) in [7, 11) is 0. The molecule has 0 fully saturated rings.